The molecule has 2 aromatic carbocycles. The van der Waals surface area contributed by atoms with Crippen LogP contribution in [0.5, 0.6) is 0 Å². The molecule has 0 saturated carbocycles. The maximum absolute atomic E-state index is 13.3. The summed E-state index contributed by atoms with van der Waals surface area (Å²) in [4.78, 5) is 12.5. The number of aryl methyl sites for hydroxylation is 1. The van der Waals surface area contributed by atoms with Crippen molar-refractivity contribution in [2.75, 3.05) is 5.32 Å². The van der Waals surface area contributed by atoms with Crippen LogP contribution in [0.1, 0.15) is 38.4 Å². The van der Waals surface area contributed by atoms with Crippen LogP contribution < -0.4 is 5.32 Å². The van der Waals surface area contributed by atoms with Gasteiger partial charge in [0.2, 0.25) is 5.91 Å². The summed E-state index contributed by atoms with van der Waals surface area (Å²) < 4.78 is 14.9. The summed E-state index contributed by atoms with van der Waals surface area (Å²) in [7, 11) is 0. The number of anilines is 1. The zero-order chi connectivity index (χ0) is 19.4. The first-order valence-corrected chi connectivity index (χ1v) is 9.03. The maximum atomic E-state index is 13.3. The van der Waals surface area contributed by atoms with Crippen LogP contribution in [0.2, 0.25) is 0 Å². The summed E-state index contributed by atoms with van der Waals surface area (Å²) in [6.07, 6.45) is 1.05. The molecule has 140 valence electrons. The number of nitrogens with one attached hydrogen (secondary N) is 1. The van der Waals surface area contributed by atoms with E-state index in [1.165, 1.54) is 12.1 Å². The van der Waals surface area contributed by atoms with E-state index in [1.807, 2.05) is 36.4 Å². The Kier molecular flexibility index (Phi) is 5.40. The predicted octanol–water partition coefficient (Wildman–Crippen LogP) is 4.88. The molecule has 0 bridgehead atoms. The smallest absolute Gasteiger partial charge is 0.225 e. The first kappa shape index (κ1) is 18.8. The van der Waals surface area contributed by atoms with Crippen LogP contribution in [0.3, 0.4) is 0 Å². The van der Waals surface area contributed by atoms with Crippen molar-refractivity contribution in [3.63, 3.8) is 0 Å². The minimum atomic E-state index is -0.310. The number of hydrogen-bond acceptors (Lipinski definition) is 2. The molecule has 0 saturated heterocycles. The number of benzene rings is 2. The Hall–Kier alpha value is -2.95. The molecule has 0 atom stereocenters. The molecule has 0 unspecified atom stereocenters. The molecule has 1 aromatic heterocycles. The number of carbonyl (C=O) groups is 1. The third-order valence-corrected chi connectivity index (χ3v) is 4.30. The van der Waals surface area contributed by atoms with Crippen molar-refractivity contribution in [2.24, 2.45) is 0 Å². The van der Waals surface area contributed by atoms with Gasteiger partial charge >= 0.3 is 0 Å². The van der Waals surface area contributed by atoms with Crippen molar-refractivity contribution >= 4 is 11.7 Å². The highest BCUT2D eigenvalue weighted by Crippen LogP contribution is 2.26. The highest BCUT2D eigenvalue weighted by molar-refractivity contribution is 5.90. The molecule has 0 aliphatic carbocycles. The Morgan fingerprint density at radius 1 is 1.07 bits per heavy atom. The maximum Gasteiger partial charge on any atom is 0.225 e. The van der Waals surface area contributed by atoms with Gasteiger partial charge in [-0.15, -0.1) is 0 Å². The van der Waals surface area contributed by atoms with E-state index in [0.29, 0.717) is 24.3 Å². The van der Waals surface area contributed by atoms with Gasteiger partial charge in [0.05, 0.1) is 11.4 Å². The lowest BCUT2D eigenvalue weighted by Gasteiger charge is -2.14. The molecule has 0 radical (unpaired) electrons. The van der Waals surface area contributed by atoms with Crippen LogP contribution in [-0.2, 0) is 16.6 Å². The zero-order valence-corrected chi connectivity index (χ0v) is 15.9. The average molecular weight is 365 g/mol. The van der Waals surface area contributed by atoms with Crippen LogP contribution in [0.4, 0.5) is 10.2 Å². The lowest BCUT2D eigenvalue weighted by Crippen LogP contribution is -2.15. The molecule has 4 nitrogen and oxygen atoms in total. The largest absolute Gasteiger partial charge is 0.311 e. The molecule has 1 amide bonds. The van der Waals surface area contributed by atoms with Gasteiger partial charge in [-0.05, 0) is 36.2 Å². The van der Waals surface area contributed by atoms with Gasteiger partial charge in [0.25, 0.3) is 0 Å². The summed E-state index contributed by atoms with van der Waals surface area (Å²) in [6, 6.07) is 17.8. The summed E-state index contributed by atoms with van der Waals surface area (Å²) in [5.74, 6) is 0.197. The van der Waals surface area contributed by atoms with E-state index in [9.17, 15) is 9.18 Å². The van der Waals surface area contributed by atoms with Crippen molar-refractivity contribution in [1.29, 1.82) is 0 Å². The second-order valence-electron chi connectivity index (χ2n) is 7.59. The molecule has 5 heteroatoms. The lowest BCUT2D eigenvalue weighted by atomic mass is 9.92. The van der Waals surface area contributed by atoms with Crippen LogP contribution in [0.25, 0.3) is 5.69 Å². The van der Waals surface area contributed by atoms with E-state index in [0.717, 1.165) is 11.3 Å². The second kappa shape index (κ2) is 7.74. The highest BCUT2D eigenvalue weighted by atomic mass is 19.1. The third-order valence-electron chi connectivity index (χ3n) is 4.30. The van der Waals surface area contributed by atoms with E-state index in [-0.39, 0.29) is 17.1 Å². The van der Waals surface area contributed by atoms with Crippen LogP contribution >= 0.6 is 0 Å². The second-order valence-corrected chi connectivity index (χ2v) is 7.59. The molecule has 0 aliphatic heterocycles. The van der Waals surface area contributed by atoms with Crippen LogP contribution in [-0.4, -0.2) is 15.7 Å². The van der Waals surface area contributed by atoms with Gasteiger partial charge in [0.15, 0.2) is 0 Å². The Labute approximate surface area is 159 Å². The first-order chi connectivity index (χ1) is 12.8. The van der Waals surface area contributed by atoms with Crippen molar-refractivity contribution in [3.05, 3.63) is 77.7 Å². The summed E-state index contributed by atoms with van der Waals surface area (Å²) in [5, 5.41) is 7.59. The van der Waals surface area contributed by atoms with Crippen molar-refractivity contribution in [1.82, 2.24) is 9.78 Å². The van der Waals surface area contributed by atoms with Gasteiger partial charge in [-0.1, -0.05) is 51.1 Å². The lowest BCUT2D eigenvalue weighted by molar-refractivity contribution is -0.116. The van der Waals surface area contributed by atoms with E-state index in [1.54, 1.807) is 16.8 Å². The molecule has 0 fully saturated rings. The van der Waals surface area contributed by atoms with Gasteiger partial charge < -0.3 is 5.32 Å². The quantitative estimate of drug-likeness (QED) is 0.700. The highest BCUT2D eigenvalue weighted by Gasteiger charge is 2.21. The molecule has 1 N–H and O–H groups in total. The fraction of sp³-hybridized carbons (Fsp3) is 0.273. The van der Waals surface area contributed by atoms with Gasteiger partial charge in [0, 0.05) is 17.9 Å². The number of aromatic nitrogens is 2. The number of hydrogen-bond donors (Lipinski definition) is 1. The monoisotopic (exact) mass is 365 g/mol. The average Bonchev–Trinajstić information content (AvgIpc) is 3.06. The number of nitrogens with zero attached hydrogens (tertiary/aromatic N) is 2. The first-order valence-electron chi connectivity index (χ1n) is 9.03. The standard InChI is InChI=1S/C22H24FN3O/c1-22(2,3)19-15-20(26(25-19)18-12-10-17(23)11-13-18)24-21(27)14-9-16-7-5-4-6-8-16/h4-8,10-13,15H,9,14H2,1-3H3,(H,24,27). The van der Waals surface area contributed by atoms with Crippen molar-refractivity contribution < 1.29 is 9.18 Å². The summed E-state index contributed by atoms with van der Waals surface area (Å²) in [5.41, 5.74) is 2.50. The fourth-order valence-electron chi connectivity index (χ4n) is 2.72. The number of rotatable bonds is 5. The Balaban J connectivity index is 1.81. The Bertz CT molecular complexity index is 909. The van der Waals surface area contributed by atoms with Crippen LogP contribution in [0, 0.1) is 5.82 Å². The SMILES string of the molecule is CC(C)(C)c1cc(NC(=O)CCc2ccccc2)n(-c2ccc(F)cc2)n1. The number of halogens is 1. The molecule has 0 aliphatic rings. The molecular weight excluding hydrogens is 341 g/mol. The van der Waals surface area contributed by atoms with Gasteiger partial charge in [0.1, 0.15) is 11.6 Å². The number of amides is 1. The molecule has 3 aromatic rings. The minimum absolute atomic E-state index is 0.0810. The summed E-state index contributed by atoms with van der Waals surface area (Å²) >= 11 is 0. The fourth-order valence-corrected chi connectivity index (χ4v) is 2.72. The van der Waals surface area contributed by atoms with E-state index < -0.39 is 0 Å². The Morgan fingerprint density at radius 3 is 2.37 bits per heavy atom. The molecule has 3 rings (SSSR count). The minimum Gasteiger partial charge on any atom is -0.311 e. The number of carbonyl (C=O) groups excluding carboxylic acids is 1. The zero-order valence-electron chi connectivity index (χ0n) is 15.9. The molecular formula is C22H24FN3O. The third kappa shape index (κ3) is 4.82. The van der Waals surface area contributed by atoms with Crippen molar-refractivity contribution in [2.45, 2.75) is 39.0 Å². The topological polar surface area (TPSA) is 46.9 Å². The normalized spacial score (nSPS) is 11.4. The molecule has 27 heavy (non-hydrogen) atoms. The van der Waals surface area contributed by atoms with Gasteiger partial charge in [-0.25, -0.2) is 9.07 Å². The van der Waals surface area contributed by atoms with Gasteiger partial charge in [-0.2, -0.15) is 5.10 Å². The van der Waals surface area contributed by atoms with Crippen molar-refractivity contribution in [3.8, 4) is 5.69 Å². The summed E-state index contributed by atoms with van der Waals surface area (Å²) in [6.45, 7) is 6.18. The predicted molar refractivity (Wildman–Crippen MR) is 106 cm³/mol. The van der Waals surface area contributed by atoms with E-state index in [2.05, 4.69) is 31.2 Å². The van der Waals surface area contributed by atoms with E-state index >= 15 is 0 Å². The van der Waals surface area contributed by atoms with Gasteiger partial charge in [-0.3, -0.25) is 4.79 Å². The molecule has 1 heterocycles. The molecule has 0 spiro atoms. The Morgan fingerprint density at radius 2 is 1.74 bits per heavy atom. The van der Waals surface area contributed by atoms with Crippen LogP contribution in [0.15, 0.2) is 60.7 Å². The van der Waals surface area contributed by atoms with E-state index in [4.69, 9.17) is 0 Å².